The van der Waals surface area contributed by atoms with Crippen molar-refractivity contribution < 1.29 is 0 Å². The highest BCUT2D eigenvalue weighted by atomic mass is 79.9. The molecule has 0 N–H and O–H groups in total. The van der Waals surface area contributed by atoms with Gasteiger partial charge in [0.25, 0.3) is 0 Å². The molecule has 1 saturated carbocycles. The van der Waals surface area contributed by atoms with Crippen molar-refractivity contribution in [3.8, 4) is 0 Å². The molecule has 0 saturated heterocycles. The first kappa shape index (κ1) is 15.7. The van der Waals surface area contributed by atoms with Crippen molar-refractivity contribution in [3.05, 3.63) is 76.3 Å². The maximum Gasteiger partial charge on any atom is 0.0856 e. The molecule has 0 nitrogen and oxygen atoms in total. The summed E-state index contributed by atoms with van der Waals surface area (Å²) < 4.78 is 1.25. The van der Waals surface area contributed by atoms with Crippen LogP contribution in [0.3, 0.4) is 0 Å². The van der Waals surface area contributed by atoms with Crippen molar-refractivity contribution in [2.24, 2.45) is 11.8 Å². The van der Waals surface area contributed by atoms with E-state index in [1.165, 1.54) is 46.9 Å². The fraction of sp³-hybridized carbons (Fsp3) is 0.333. The highest BCUT2D eigenvalue weighted by Gasteiger charge is 2.53. The molecule has 0 aromatic heterocycles. The van der Waals surface area contributed by atoms with Crippen LogP contribution in [0.25, 0.3) is 5.57 Å². The standard InChI is InChI=1S/C21H20Br2/c22-20-19(15-9-3-1-4-10-15)17-13-7-8-14-18(17)21(20,23)16-11-5-2-6-12-16/h1-6,9-12,17-18H,7-8,13-14H2/t17-,18-,21-/m0/s1. The smallest absolute Gasteiger partial charge is 0.0740 e. The van der Waals surface area contributed by atoms with Crippen LogP contribution in [0.2, 0.25) is 0 Å². The molecule has 0 radical (unpaired) electrons. The summed E-state index contributed by atoms with van der Waals surface area (Å²) in [4.78, 5) is 0. The third-order valence-corrected chi connectivity index (χ3v) is 8.51. The van der Waals surface area contributed by atoms with Crippen molar-refractivity contribution in [2.45, 2.75) is 30.0 Å². The Kier molecular flexibility index (Phi) is 4.23. The maximum absolute atomic E-state index is 4.19. The molecule has 0 aliphatic heterocycles. The third-order valence-electron chi connectivity index (χ3n) is 5.48. The van der Waals surface area contributed by atoms with Crippen molar-refractivity contribution in [1.29, 1.82) is 0 Å². The van der Waals surface area contributed by atoms with E-state index >= 15 is 0 Å². The van der Waals surface area contributed by atoms with Gasteiger partial charge in [-0.2, -0.15) is 0 Å². The Morgan fingerprint density at radius 1 is 0.826 bits per heavy atom. The maximum atomic E-state index is 4.19. The van der Waals surface area contributed by atoms with Gasteiger partial charge in [-0.25, -0.2) is 0 Å². The van der Waals surface area contributed by atoms with E-state index in [-0.39, 0.29) is 4.32 Å². The zero-order chi connectivity index (χ0) is 15.9. The summed E-state index contributed by atoms with van der Waals surface area (Å²) in [5, 5.41) is 0. The van der Waals surface area contributed by atoms with Gasteiger partial charge in [-0.15, -0.1) is 0 Å². The lowest BCUT2D eigenvalue weighted by Crippen LogP contribution is -2.31. The van der Waals surface area contributed by atoms with Crippen LogP contribution >= 0.6 is 31.9 Å². The summed E-state index contributed by atoms with van der Waals surface area (Å²) in [6.45, 7) is 0. The van der Waals surface area contributed by atoms with Gasteiger partial charge >= 0.3 is 0 Å². The molecule has 118 valence electrons. The zero-order valence-electron chi connectivity index (χ0n) is 13.0. The molecule has 23 heavy (non-hydrogen) atoms. The lowest BCUT2D eigenvalue weighted by Gasteiger charge is -2.37. The molecule has 2 aliphatic rings. The largest absolute Gasteiger partial charge is 0.0856 e. The summed E-state index contributed by atoms with van der Waals surface area (Å²) in [6, 6.07) is 21.8. The molecule has 3 atom stereocenters. The van der Waals surface area contributed by atoms with Crippen LogP contribution in [-0.4, -0.2) is 0 Å². The molecule has 0 heterocycles. The van der Waals surface area contributed by atoms with Gasteiger partial charge < -0.3 is 0 Å². The van der Waals surface area contributed by atoms with Crippen LogP contribution in [0.5, 0.6) is 0 Å². The van der Waals surface area contributed by atoms with E-state index in [4.69, 9.17) is 0 Å². The first-order chi connectivity index (χ1) is 11.2. The summed E-state index contributed by atoms with van der Waals surface area (Å²) >= 11 is 8.22. The van der Waals surface area contributed by atoms with Crippen LogP contribution in [-0.2, 0) is 4.32 Å². The van der Waals surface area contributed by atoms with Gasteiger partial charge in [0, 0.05) is 4.48 Å². The number of hydrogen-bond donors (Lipinski definition) is 0. The Bertz CT molecular complexity index is 720. The second kappa shape index (κ2) is 6.22. The number of halogens is 2. The van der Waals surface area contributed by atoms with Crippen molar-refractivity contribution in [1.82, 2.24) is 0 Å². The van der Waals surface area contributed by atoms with Crippen LogP contribution < -0.4 is 0 Å². The van der Waals surface area contributed by atoms with Gasteiger partial charge in [0.05, 0.1) is 4.32 Å². The highest BCUT2D eigenvalue weighted by molar-refractivity contribution is 9.14. The van der Waals surface area contributed by atoms with E-state index in [1.54, 1.807) is 0 Å². The fourth-order valence-electron chi connectivity index (χ4n) is 4.45. The topological polar surface area (TPSA) is 0 Å². The Balaban J connectivity index is 1.90. The summed E-state index contributed by atoms with van der Waals surface area (Å²) in [5.41, 5.74) is 4.25. The van der Waals surface area contributed by atoms with E-state index in [0.717, 1.165) is 0 Å². The van der Waals surface area contributed by atoms with Gasteiger partial charge in [-0.3, -0.25) is 0 Å². The second-order valence-corrected chi connectivity index (χ2v) is 8.71. The van der Waals surface area contributed by atoms with Crippen LogP contribution in [0.15, 0.2) is 65.1 Å². The lowest BCUT2D eigenvalue weighted by atomic mass is 9.73. The van der Waals surface area contributed by atoms with Gasteiger partial charge in [0.2, 0.25) is 0 Å². The lowest BCUT2D eigenvalue weighted by molar-refractivity contribution is 0.275. The molecule has 4 rings (SSSR count). The van der Waals surface area contributed by atoms with E-state index in [2.05, 4.69) is 92.5 Å². The number of rotatable bonds is 2. The van der Waals surface area contributed by atoms with Crippen molar-refractivity contribution >= 4 is 37.4 Å². The van der Waals surface area contributed by atoms with Gasteiger partial charge in [-0.05, 0) is 41.4 Å². The number of fused-ring (bicyclic) bond motifs is 1. The molecule has 2 aliphatic carbocycles. The Morgan fingerprint density at radius 3 is 2.13 bits per heavy atom. The van der Waals surface area contributed by atoms with E-state index in [1.807, 2.05) is 0 Å². The van der Waals surface area contributed by atoms with Gasteiger partial charge in [-0.1, -0.05) is 105 Å². The minimum absolute atomic E-state index is 0.0788. The molecular formula is C21H20Br2. The van der Waals surface area contributed by atoms with Crippen molar-refractivity contribution in [3.63, 3.8) is 0 Å². The van der Waals surface area contributed by atoms with E-state index in [0.29, 0.717) is 11.8 Å². The molecular weight excluding hydrogens is 412 g/mol. The van der Waals surface area contributed by atoms with E-state index in [9.17, 15) is 0 Å². The Labute approximate surface area is 155 Å². The zero-order valence-corrected chi connectivity index (χ0v) is 16.2. The molecule has 2 aromatic carbocycles. The molecule has 0 amide bonds. The summed E-state index contributed by atoms with van der Waals surface area (Å²) in [6.07, 6.45) is 5.26. The Hall–Kier alpha value is -0.860. The molecule has 1 fully saturated rings. The number of alkyl halides is 1. The molecule has 0 spiro atoms. The quantitative estimate of drug-likeness (QED) is 0.453. The monoisotopic (exact) mass is 430 g/mol. The van der Waals surface area contributed by atoms with E-state index < -0.39 is 0 Å². The fourth-order valence-corrected chi connectivity index (χ4v) is 6.53. The SMILES string of the molecule is BrC1=C(c2ccccc2)[C@H]2CCCC[C@@H]2[C@@]1(Br)c1ccccc1. The van der Waals surface area contributed by atoms with Crippen molar-refractivity contribution in [2.75, 3.05) is 0 Å². The summed E-state index contributed by atoms with van der Waals surface area (Å²) in [5.74, 6) is 1.27. The normalized spacial score (nSPS) is 30.3. The average Bonchev–Trinajstić information content (AvgIpc) is 2.86. The van der Waals surface area contributed by atoms with Crippen LogP contribution in [0, 0.1) is 11.8 Å². The first-order valence-electron chi connectivity index (χ1n) is 8.43. The number of allylic oxidation sites excluding steroid dienone is 2. The highest BCUT2D eigenvalue weighted by Crippen LogP contribution is 2.64. The average molecular weight is 432 g/mol. The predicted molar refractivity (Wildman–Crippen MR) is 105 cm³/mol. The van der Waals surface area contributed by atoms with Gasteiger partial charge in [0.1, 0.15) is 0 Å². The predicted octanol–water partition coefficient (Wildman–Crippen LogP) is 6.90. The van der Waals surface area contributed by atoms with Crippen LogP contribution in [0.4, 0.5) is 0 Å². The minimum atomic E-state index is -0.0788. The second-order valence-electron chi connectivity index (χ2n) is 6.67. The minimum Gasteiger partial charge on any atom is -0.0740 e. The molecule has 0 unspecified atom stereocenters. The first-order valence-corrected chi connectivity index (χ1v) is 10.0. The number of benzene rings is 2. The molecule has 2 heteroatoms. The van der Waals surface area contributed by atoms with Gasteiger partial charge in [0.15, 0.2) is 0 Å². The van der Waals surface area contributed by atoms with Crippen LogP contribution in [0.1, 0.15) is 36.8 Å². The molecule has 0 bridgehead atoms. The summed E-state index contributed by atoms with van der Waals surface area (Å²) in [7, 11) is 0. The third kappa shape index (κ3) is 2.46. The Morgan fingerprint density at radius 2 is 1.43 bits per heavy atom. The number of hydrogen-bond acceptors (Lipinski definition) is 0. The molecule has 2 aromatic rings.